The number of benzene rings is 1. The lowest BCUT2D eigenvalue weighted by molar-refractivity contribution is -0.190. The SMILES string of the molecule is C[C@@H](OC(=O)NC12CC(N(Cc3cccc(OC(F)F)c3)C(=O)CNC(N)=O)(C1)C2)C1CC1. The monoisotopic (exact) mass is 466 g/mol. The van der Waals surface area contributed by atoms with Crippen LogP contribution in [0.2, 0.25) is 0 Å². The molecule has 33 heavy (non-hydrogen) atoms. The number of rotatable bonds is 10. The summed E-state index contributed by atoms with van der Waals surface area (Å²) in [5.41, 5.74) is 4.78. The first-order chi connectivity index (χ1) is 15.6. The zero-order valence-electron chi connectivity index (χ0n) is 18.3. The van der Waals surface area contributed by atoms with E-state index in [-0.39, 0.29) is 30.9 Å². The van der Waals surface area contributed by atoms with Gasteiger partial charge in [0.25, 0.3) is 0 Å². The zero-order chi connectivity index (χ0) is 23.8. The Hall–Kier alpha value is -3.11. The third kappa shape index (κ3) is 5.12. The first-order valence-electron chi connectivity index (χ1n) is 11.0. The molecule has 180 valence electrons. The van der Waals surface area contributed by atoms with Crippen molar-refractivity contribution in [2.24, 2.45) is 11.7 Å². The minimum atomic E-state index is -2.95. The van der Waals surface area contributed by atoms with Crippen LogP contribution in [-0.2, 0) is 16.1 Å². The highest BCUT2D eigenvalue weighted by Gasteiger charge is 2.72. The van der Waals surface area contributed by atoms with Gasteiger partial charge in [-0.2, -0.15) is 8.78 Å². The van der Waals surface area contributed by atoms with Crippen molar-refractivity contribution in [1.82, 2.24) is 15.5 Å². The molecule has 4 saturated carbocycles. The summed E-state index contributed by atoms with van der Waals surface area (Å²) in [6.07, 6.45) is 3.21. The minimum absolute atomic E-state index is 0.00609. The Morgan fingerprint density at radius 1 is 1.24 bits per heavy atom. The van der Waals surface area contributed by atoms with Gasteiger partial charge in [-0.1, -0.05) is 12.1 Å². The van der Waals surface area contributed by atoms with Crippen LogP contribution in [0.25, 0.3) is 0 Å². The van der Waals surface area contributed by atoms with E-state index < -0.39 is 29.8 Å². The van der Waals surface area contributed by atoms with Crippen molar-refractivity contribution < 1.29 is 32.6 Å². The number of nitrogens with one attached hydrogen (secondary N) is 2. The number of alkyl halides is 2. The number of amides is 4. The number of ether oxygens (including phenoxy) is 2. The highest BCUT2D eigenvalue weighted by atomic mass is 19.3. The van der Waals surface area contributed by atoms with Crippen molar-refractivity contribution >= 4 is 18.0 Å². The number of hydrogen-bond acceptors (Lipinski definition) is 5. The first kappa shape index (κ1) is 23.1. The molecular formula is C22H28F2N4O5. The second-order valence-electron chi connectivity index (χ2n) is 9.33. The van der Waals surface area contributed by atoms with Crippen LogP contribution in [0.15, 0.2) is 24.3 Å². The molecule has 4 fully saturated rings. The highest BCUT2D eigenvalue weighted by Crippen LogP contribution is 2.64. The van der Waals surface area contributed by atoms with Crippen LogP contribution in [-0.4, -0.2) is 53.3 Å². The third-order valence-corrected chi connectivity index (χ3v) is 6.70. The molecule has 1 atom stereocenters. The van der Waals surface area contributed by atoms with E-state index in [9.17, 15) is 23.2 Å². The van der Waals surface area contributed by atoms with Crippen molar-refractivity contribution in [1.29, 1.82) is 0 Å². The summed E-state index contributed by atoms with van der Waals surface area (Å²) in [6, 6.07) is 5.31. The van der Waals surface area contributed by atoms with Crippen molar-refractivity contribution in [2.75, 3.05) is 6.54 Å². The predicted octanol–water partition coefficient (Wildman–Crippen LogP) is 2.48. The van der Waals surface area contributed by atoms with E-state index in [1.807, 2.05) is 6.92 Å². The standard InChI is InChI=1S/C22H28F2N4O5/c1-13(15-5-6-15)32-20(31)27-21-10-22(11-21,12-21)28(17(29)8-26-19(25)30)9-14-3-2-4-16(7-14)33-18(23)24/h2-4,7,13,15,18H,5-6,8-12H2,1H3,(H,27,31)(H3,25,26,30)/t13-,21?,22?/m1/s1. The zero-order valence-corrected chi connectivity index (χ0v) is 18.3. The Morgan fingerprint density at radius 2 is 1.94 bits per heavy atom. The van der Waals surface area contributed by atoms with Crippen LogP contribution >= 0.6 is 0 Å². The largest absolute Gasteiger partial charge is 0.446 e. The maximum atomic E-state index is 12.9. The number of halogens is 2. The van der Waals surface area contributed by atoms with Gasteiger partial charge in [0.2, 0.25) is 5.91 Å². The molecule has 9 nitrogen and oxygen atoms in total. The number of primary amides is 1. The molecule has 4 aliphatic carbocycles. The number of nitrogens with zero attached hydrogens (tertiary/aromatic N) is 1. The van der Waals surface area contributed by atoms with Crippen molar-refractivity contribution in [3.8, 4) is 5.75 Å². The van der Waals surface area contributed by atoms with Gasteiger partial charge in [0.1, 0.15) is 11.9 Å². The van der Waals surface area contributed by atoms with E-state index in [0.29, 0.717) is 30.7 Å². The first-order valence-corrected chi connectivity index (χ1v) is 11.0. The third-order valence-electron chi connectivity index (χ3n) is 6.70. The average Bonchev–Trinajstić information content (AvgIpc) is 3.51. The number of hydrogen-bond donors (Lipinski definition) is 3. The van der Waals surface area contributed by atoms with Crippen LogP contribution in [0.3, 0.4) is 0 Å². The van der Waals surface area contributed by atoms with Gasteiger partial charge >= 0.3 is 18.7 Å². The maximum absolute atomic E-state index is 12.9. The maximum Gasteiger partial charge on any atom is 0.407 e. The van der Waals surface area contributed by atoms with Crippen LogP contribution in [0, 0.1) is 5.92 Å². The molecule has 5 rings (SSSR count). The van der Waals surface area contributed by atoms with E-state index in [4.69, 9.17) is 10.5 Å². The number of nitrogens with two attached hydrogens (primary N) is 1. The number of carbonyl (C=O) groups is 3. The lowest BCUT2D eigenvalue weighted by Crippen LogP contribution is -2.84. The molecule has 1 aromatic carbocycles. The van der Waals surface area contributed by atoms with Gasteiger partial charge in [-0.3, -0.25) is 4.79 Å². The van der Waals surface area contributed by atoms with E-state index in [0.717, 1.165) is 12.8 Å². The van der Waals surface area contributed by atoms with E-state index >= 15 is 0 Å². The van der Waals surface area contributed by atoms with Crippen molar-refractivity contribution in [3.63, 3.8) is 0 Å². The summed E-state index contributed by atoms with van der Waals surface area (Å²) in [4.78, 5) is 37.9. The molecule has 4 N–H and O–H groups in total. The summed E-state index contributed by atoms with van der Waals surface area (Å²) in [6.45, 7) is -1.22. The van der Waals surface area contributed by atoms with Gasteiger partial charge in [0, 0.05) is 6.54 Å². The molecule has 4 aliphatic rings. The van der Waals surface area contributed by atoms with Crippen molar-refractivity contribution in [2.45, 2.75) is 69.4 Å². The molecule has 0 radical (unpaired) electrons. The van der Waals surface area contributed by atoms with Crippen LogP contribution in [0.1, 0.15) is 44.6 Å². The van der Waals surface area contributed by atoms with E-state index in [2.05, 4.69) is 15.4 Å². The topological polar surface area (TPSA) is 123 Å². The average molecular weight is 466 g/mol. The minimum Gasteiger partial charge on any atom is -0.446 e. The van der Waals surface area contributed by atoms with Crippen LogP contribution < -0.4 is 21.1 Å². The van der Waals surface area contributed by atoms with E-state index in [1.54, 1.807) is 17.0 Å². The Bertz CT molecular complexity index is 919. The molecule has 0 aliphatic heterocycles. The quantitative estimate of drug-likeness (QED) is 0.489. The Labute approximate surface area is 189 Å². The Morgan fingerprint density at radius 3 is 2.55 bits per heavy atom. The Balaban J connectivity index is 1.40. The van der Waals surface area contributed by atoms with Gasteiger partial charge in [-0.05, 0) is 62.6 Å². The summed E-state index contributed by atoms with van der Waals surface area (Å²) in [5, 5.41) is 5.24. The second kappa shape index (κ2) is 8.68. The smallest absolute Gasteiger partial charge is 0.407 e. The summed E-state index contributed by atoms with van der Waals surface area (Å²) in [5.74, 6) is 0.0754. The normalized spacial score (nSPS) is 25.8. The van der Waals surface area contributed by atoms with Gasteiger partial charge in [-0.25, -0.2) is 9.59 Å². The van der Waals surface area contributed by atoms with Gasteiger partial charge in [0.05, 0.1) is 17.6 Å². The lowest BCUT2D eigenvalue weighted by Gasteiger charge is -2.73. The molecule has 0 spiro atoms. The fourth-order valence-electron chi connectivity index (χ4n) is 5.01. The molecule has 4 amide bonds. The molecule has 0 unspecified atom stereocenters. The molecule has 0 saturated heterocycles. The second-order valence-corrected chi connectivity index (χ2v) is 9.33. The highest BCUT2D eigenvalue weighted by molar-refractivity contribution is 5.84. The summed E-state index contributed by atoms with van der Waals surface area (Å²) < 4.78 is 35.0. The Kier molecular flexibility index (Phi) is 6.06. The van der Waals surface area contributed by atoms with Crippen LogP contribution in [0.5, 0.6) is 5.75 Å². The number of urea groups is 1. The molecule has 1 aromatic rings. The molecule has 2 bridgehead atoms. The van der Waals surface area contributed by atoms with Crippen molar-refractivity contribution in [3.05, 3.63) is 29.8 Å². The molecule has 0 aromatic heterocycles. The van der Waals surface area contributed by atoms with Gasteiger partial charge in [-0.15, -0.1) is 0 Å². The summed E-state index contributed by atoms with van der Waals surface area (Å²) in [7, 11) is 0. The lowest BCUT2D eigenvalue weighted by atomic mass is 9.43. The van der Waals surface area contributed by atoms with Gasteiger partial charge in [0.15, 0.2) is 0 Å². The molecule has 11 heteroatoms. The number of carbonyl (C=O) groups excluding carboxylic acids is 3. The van der Waals surface area contributed by atoms with E-state index in [1.165, 1.54) is 12.1 Å². The fraction of sp³-hybridized carbons (Fsp3) is 0.591. The summed E-state index contributed by atoms with van der Waals surface area (Å²) >= 11 is 0. The van der Waals surface area contributed by atoms with Crippen LogP contribution in [0.4, 0.5) is 18.4 Å². The molecule has 0 heterocycles. The molecular weight excluding hydrogens is 438 g/mol. The van der Waals surface area contributed by atoms with Gasteiger partial charge < -0.3 is 30.7 Å². The fourth-order valence-corrected chi connectivity index (χ4v) is 5.01. The number of alkyl carbamates (subject to hydrolysis) is 1. The predicted molar refractivity (Wildman–Crippen MR) is 112 cm³/mol.